The van der Waals surface area contributed by atoms with Gasteiger partial charge in [0, 0.05) is 58.1 Å². The molecule has 3 rings (SSSR count). The van der Waals surface area contributed by atoms with Crippen molar-refractivity contribution in [2.24, 2.45) is 0 Å². The van der Waals surface area contributed by atoms with Crippen molar-refractivity contribution < 1.29 is 4.79 Å². The number of hydrogen-bond acceptors (Lipinski definition) is 4. The number of rotatable bonds is 6. The van der Waals surface area contributed by atoms with E-state index in [1.165, 1.54) is 21.9 Å². The van der Waals surface area contributed by atoms with Gasteiger partial charge in [-0.2, -0.15) is 10.2 Å². The number of fused-ring (bicyclic) bond motifs is 1. The maximum atomic E-state index is 11.7. The summed E-state index contributed by atoms with van der Waals surface area (Å²) in [4.78, 5) is 15.7. The van der Waals surface area contributed by atoms with Crippen LogP contribution in [0.25, 0.3) is 0 Å². The summed E-state index contributed by atoms with van der Waals surface area (Å²) in [6.07, 6.45) is 4.17. The molecule has 0 unspecified atom stereocenters. The molecule has 1 aliphatic rings. The van der Waals surface area contributed by atoms with E-state index >= 15 is 0 Å². The van der Waals surface area contributed by atoms with Gasteiger partial charge in [0.15, 0.2) is 0 Å². The van der Waals surface area contributed by atoms with Crippen LogP contribution < -0.4 is 5.32 Å². The number of hydrogen-bond donors (Lipinski definition) is 1. The first-order valence-electron chi connectivity index (χ1n) is 9.72. The Bertz CT molecular complexity index is 777. The molecule has 2 aromatic heterocycles. The molecule has 0 fully saturated rings. The molecule has 0 bridgehead atoms. The Balaban J connectivity index is 1.64. The van der Waals surface area contributed by atoms with Gasteiger partial charge in [-0.1, -0.05) is 6.92 Å². The SMILES string of the molecule is CCCn1ncc(CN2CCCn3nc(CNC(=O)N(C)C)cc3C2)c1C. The van der Waals surface area contributed by atoms with E-state index in [4.69, 9.17) is 0 Å². The zero-order valence-electron chi connectivity index (χ0n) is 16.9. The zero-order chi connectivity index (χ0) is 19.4. The standard InChI is InChI=1S/C19H31N7O/c1-5-7-25-15(2)16(11-21-25)13-24-8-6-9-26-18(14-24)10-17(22-26)12-20-19(27)23(3)4/h10-11H,5-9,12-14H2,1-4H3,(H,20,27). The second-order valence-corrected chi connectivity index (χ2v) is 7.45. The normalized spacial score (nSPS) is 14.7. The predicted octanol–water partition coefficient (Wildman–Crippen LogP) is 1.98. The molecule has 3 heterocycles. The van der Waals surface area contributed by atoms with Crippen LogP contribution in [0.1, 0.15) is 42.4 Å². The molecular formula is C19H31N7O. The summed E-state index contributed by atoms with van der Waals surface area (Å²) in [6, 6.07) is 2.01. The molecule has 0 radical (unpaired) electrons. The maximum Gasteiger partial charge on any atom is 0.317 e. The summed E-state index contributed by atoms with van der Waals surface area (Å²) in [5.74, 6) is 0. The Morgan fingerprint density at radius 2 is 2.15 bits per heavy atom. The van der Waals surface area contributed by atoms with Crippen molar-refractivity contribution in [3.8, 4) is 0 Å². The second kappa shape index (κ2) is 8.56. The van der Waals surface area contributed by atoms with E-state index in [1.807, 2.05) is 6.20 Å². The number of nitrogens with one attached hydrogen (secondary N) is 1. The van der Waals surface area contributed by atoms with Crippen LogP contribution in [-0.2, 0) is 32.7 Å². The fourth-order valence-electron chi connectivity index (χ4n) is 3.45. The highest BCUT2D eigenvalue weighted by Gasteiger charge is 2.19. The molecule has 27 heavy (non-hydrogen) atoms. The van der Waals surface area contributed by atoms with Gasteiger partial charge in [-0.3, -0.25) is 14.3 Å². The van der Waals surface area contributed by atoms with E-state index in [9.17, 15) is 4.79 Å². The highest BCUT2D eigenvalue weighted by atomic mass is 16.2. The number of aryl methyl sites for hydroxylation is 2. The van der Waals surface area contributed by atoms with Gasteiger partial charge < -0.3 is 10.2 Å². The fourth-order valence-corrected chi connectivity index (χ4v) is 3.45. The van der Waals surface area contributed by atoms with E-state index in [0.717, 1.165) is 51.3 Å². The lowest BCUT2D eigenvalue weighted by atomic mass is 10.2. The van der Waals surface area contributed by atoms with Gasteiger partial charge in [0.25, 0.3) is 0 Å². The van der Waals surface area contributed by atoms with Crippen molar-refractivity contribution >= 4 is 6.03 Å². The van der Waals surface area contributed by atoms with Crippen molar-refractivity contribution in [2.45, 2.75) is 59.4 Å². The molecule has 148 valence electrons. The highest BCUT2D eigenvalue weighted by Crippen LogP contribution is 2.18. The molecule has 0 saturated carbocycles. The molecule has 2 aromatic rings. The average molecular weight is 374 g/mol. The van der Waals surface area contributed by atoms with E-state index in [1.54, 1.807) is 14.1 Å². The van der Waals surface area contributed by atoms with E-state index < -0.39 is 0 Å². The topological polar surface area (TPSA) is 71.2 Å². The Hall–Kier alpha value is -2.35. The maximum absolute atomic E-state index is 11.7. The summed E-state index contributed by atoms with van der Waals surface area (Å²) >= 11 is 0. The van der Waals surface area contributed by atoms with Crippen molar-refractivity contribution in [3.05, 3.63) is 34.9 Å². The Kier molecular flexibility index (Phi) is 6.15. The van der Waals surface area contributed by atoms with Gasteiger partial charge in [0.05, 0.1) is 24.1 Å². The lowest BCUT2D eigenvalue weighted by molar-refractivity contribution is 0.217. The van der Waals surface area contributed by atoms with Crippen molar-refractivity contribution in [2.75, 3.05) is 20.6 Å². The molecule has 1 aliphatic heterocycles. The van der Waals surface area contributed by atoms with Gasteiger partial charge in [-0.15, -0.1) is 0 Å². The third kappa shape index (κ3) is 4.68. The van der Waals surface area contributed by atoms with Gasteiger partial charge in [-0.05, 0) is 25.8 Å². The lowest BCUT2D eigenvalue weighted by Gasteiger charge is -2.19. The molecule has 2 amide bonds. The van der Waals surface area contributed by atoms with Crippen LogP contribution in [0.2, 0.25) is 0 Å². The fraction of sp³-hybridized carbons (Fsp3) is 0.632. The van der Waals surface area contributed by atoms with E-state index in [2.05, 4.69) is 49.7 Å². The first kappa shape index (κ1) is 19.4. The van der Waals surface area contributed by atoms with Gasteiger partial charge in [0.2, 0.25) is 0 Å². The molecule has 1 N–H and O–H groups in total. The van der Waals surface area contributed by atoms with Crippen molar-refractivity contribution in [1.82, 2.24) is 34.7 Å². The van der Waals surface area contributed by atoms with Crippen LogP contribution in [-0.4, -0.2) is 56.0 Å². The van der Waals surface area contributed by atoms with E-state index in [0.29, 0.717) is 6.54 Å². The number of carbonyl (C=O) groups is 1. The van der Waals surface area contributed by atoms with Crippen molar-refractivity contribution in [1.29, 1.82) is 0 Å². The minimum Gasteiger partial charge on any atom is -0.332 e. The molecular weight excluding hydrogens is 342 g/mol. The third-order valence-electron chi connectivity index (χ3n) is 5.00. The first-order chi connectivity index (χ1) is 13.0. The summed E-state index contributed by atoms with van der Waals surface area (Å²) in [7, 11) is 3.47. The quantitative estimate of drug-likeness (QED) is 0.840. The zero-order valence-corrected chi connectivity index (χ0v) is 16.9. The third-order valence-corrected chi connectivity index (χ3v) is 5.00. The lowest BCUT2D eigenvalue weighted by Crippen LogP contribution is -2.34. The summed E-state index contributed by atoms with van der Waals surface area (Å²) < 4.78 is 4.19. The molecule has 8 heteroatoms. The average Bonchev–Trinajstić information content (AvgIpc) is 3.11. The first-order valence-corrected chi connectivity index (χ1v) is 9.72. The molecule has 0 saturated heterocycles. The molecule has 0 aliphatic carbocycles. The van der Waals surface area contributed by atoms with Crippen LogP contribution in [0.15, 0.2) is 12.3 Å². The molecule has 0 spiro atoms. The molecule has 0 atom stereocenters. The van der Waals surface area contributed by atoms with Crippen molar-refractivity contribution in [3.63, 3.8) is 0 Å². The minimum absolute atomic E-state index is 0.0978. The number of aromatic nitrogens is 4. The number of carbonyl (C=O) groups excluding carboxylic acids is 1. The molecule has 8 nitrogen and oxygen atoms in total. The Labute approximate surface area is 161 Å². The Morgan fingerprint density at radius 3 is 2.89 bits per heavy atom. The Morgan fingerprint density at radius 1 is 1.33 bits per heavy atom. The van der Waals surface area contributed by atoms with Crippen LogP contribution in [0.5, 0.6) is 0 Å². The summed E-state index contributed by atoms with van der Waals surface area (Å²) in [6.45, 7) is 9.51. The van der Waals surface area contributed by atoms with Crippen LogP contribution in [0.4, 0.5) is 4.79 Å². The highest BCUT2D eigenvalue weighted by molar-refractivity contribution is 5.73. The second-order valence-electron chi connectivity index (χ2n) is 7.45. The summed E-state index contributed by atoms with van der Waals surface area (Å²) in [5, 5.41) is 12.1. The summed E-state index contributed by atoms with van der Waals surface area (Å²) in [5.41, 5.74) is 4.69. The number of urea groups is 1. The monoisotopic (exact) mass is 373 g/mol. The van der Waals surface area contributed by atoms with Gasteiger partial charge in [0.1, 0.15) is 0 Å². The van der Waals surface area contributed by atoms with Crippen LogP contribution in [0, 0.1) is 6.92 Å². The largest absolute Gasteiger partial charge is 0.332 e. The van der Waals surface area contributed by atoms with E-state index in [-0.39, 0.29) is 6.03 Å². The number of amides is 2. The molecule has 0 aromatic carbocycles. The minimum atomic E-state index is -0.0978. The van der Waals surface area contributed by atoms with Gasteiger partial charge in [-0.25, -0.2) is 4.79 Å². The van der Waals surface area contributed by atoms with Gasteiger partial charge >= 0.3 is 6.03 Å². The smallest absolute Gasteiger partial charge is 0.317 e. The van der Waals surface area contributed by atoms with Crippen LogP contribution >= 0.6 is 0 Å². The van der Waals surface area contributed by atoms with Crippen LogP contribution in [0.3, 0.4) is 0 Å². The number of nitrogens with zero attached hydrogens (tertiary/aromatic N) is 6. The predicted molar refractivity (Wildman–Crippen MR) is 104 cm³/mol.